The third kappa shape index (κ3) is 33.3. The fourth-order valence-electron chi connectivity index (χ4n) is 8.02. The molecule has 17 nitrogen and oxygen atoms in total. The van der Waals surface area contributed by atoms with Gasteiger partial charge in [-0.15, -0.1) is 0 Å². The SMILES string of the molecule is CCCCCCCCCCCCCCCCCCSCC(COP(=O)(O)OP(=O)(O)OCC1OC(n2ccc(=O)[nH]c2=O)CC1N=[N+]=[N-])OC(=O)CCCCCCCCCCCCCCC.[Na]. The molecule has 0 amide bonds. The Bertz CT molecular complexity index is 1690. The van der Waals surface area contributed by atoms with Gasteiger partial charge in [-0.1, -0.05) is 192 Å². The zero-order chi connectivity index (χ0) is 48.1. The minimum absolute atomic E-state index is 0. The van der Waals surface area contributed by atoms with Gasteiger partial charge in [-0.2, -0.15) is 16.1 Å². The van der Waals surface area contributed by atoms with Gasteiger partial charge in [-0.25, -0.2) is 13.9 Å². The quantitative estimate of drug-likeness (QED) is 0.0105. The van der Waals surface area contributed by atoms with E-state index in [4.69, 9.17) is 24.1 Å². The van der Waals surface area contributed by atoms with E-state index >= 15 is 0 Å². The van der Waals surface area contributed by atoms with Gasteiger partial charge < -0.3 is 19.3 Å². The first-order valence-electron chi connectivity index (χ1n) is 25.3. The molecule has 1 saturated heterocycles. The summed E-state index contributed by atoms with van der Waals surface area (Å²) in [6.45, 7) is 3.19. The van der Waals surface area contributed by atoms with Crippen LogP contribution in [0.25, 0.3) is 10.4 Å². The van der Waals surface area contributed by atoms with Crippen LogP contribution in [0.1, 0.15) is 219 Å². The maximum Gasteiger partial charge on any atom is 0.481 e. The summed E-state index contributed by atoms with van der Waals surface area (Å²) < 4.78 is 52.8. The zero-order valence-corrected chi connectivity index (χ0v) is 45.9. The number of aromatic amines is 1. The fourth-order valence-corrected chi connectivity index (χ4v) is 11.1. The van der Waals surface area contributed by atoms with Crippen molar-refractivity contribution in [2.45, 2.75) is 237 Å². The molecule has 0 aliphatic carbocycles. The second-order valence-corrected chi connectivity index (χ2v) is 21.9. The zero-order valence-electron chi connectivity index (χ0n) is 41.3. The third-order valence-electron chi connectivity index (χ3n) is 11.8. The summed E-state index contributed by atoms with van der Waals surface area (Å²) in [5, 5.41) is 3.61. The first-order valence-corrected chi connectivity index (χ1v) is 29.5. The van der Waals surface area contributed by atoms with Gasteiger partial charge in [-0.3, -0.25) is 28.2 Å². The fraction of sp³-hybridized carbons (Fsp3) is 0.891. The van der Waals surface area contributed by atoms with Crippen molar-refractivity contribution in [3.8, 4) is 0 Å². The first-order chi connectivity index (χ1) is 31.9. The third-order valence-corrected chi connectivity index (χ3v) is 15.6. The molecule has 1 aromatic rings. The number of aromatic nitrogens is 2. The van der Waals surface area contributed by atoms with Gasteiger partial charge >= 0.3 is 27.3 Å². The van der Waals surface area contributed by atoms with Crippen molar-refractivity contribution in [3.05, 3.63) is 43.5 Å². The summed E-state index contributed by atoms with van der Waals surface area (Å²) in [6, 6.07) is 0.126. The molecule has 6 atom stereocenters. The molecule has 0 spiro atoms. The molecule has 1 fully saturated rings. The number of phosphoric ester groups is 2. The Morgan fingerprint density at radius 1 is 0.791 bits per heavy atom. The molecule has 1 aliphatic heterocycles. The van der Waals surface area contributed by atoms with Gasteiger partial charge in [0.05, 0.1) is 25.4 Å². The first kappa shape index (κ1) is 64.0. The second-order valence-electron chi connectivity index (χ2n) is 17.7. The number of nitrogens with zero attached hydrogens (tertiary/aromatic N) is 4. The van der Waals surface area contributed by atoms with Crippen molar-refractivity contribution in [1.82, 2.24) is 9.55 Å². The van der Waals surface area contributed by atoms with E-state index in [2.05, 4.69) is 33.2 Å². The van der Waals surface area contributed by atoms with E-state index in [-0.39, 0.29) is 48.2 Å². The molecule has 21 heteroatoms. The van der Waals surface area contributed by atoms with E-state index in [1.807, 2.05) is 0 Å². The molecule has 1 aliphatic rings. The number of hydrogen-bond donors (Lipinski definition) is 3. The normalized spacial score (nSPS) is 18.1. The Labute approximate surface area is 427 Å². The minimum atomic E-state index is -5.28. The van der Waals surface area contributed by atoms with E-state index in [0.29, 0.717) is 6.42 Å². The van der Waals surface area contributed by atoms with Crippen LogP contribution < -0.4 is 11.2 Å². The maximum absolute atomic E-state index is 12.9. The number of H-pyrrole nitrogens is 1. The van der Waals surface area contributed by atoms with E-state index < -0.39 is 70.6 Å². The Kier molecular flexibility index (Phi) is 38.8. The molecule has 0 aromatic carbocycles. The Hall–Kier alpha value is -0.970. The Balaban J connectivity index is 0.0000224. The van der Waals surface area contributed by atoms with Crippen LogP contribution in [0, 0.1) is 0 Å². The van der Waals surface area contributed by atoms with Crippen molar-refractivity contribution in [1.29, 1.82) is 0 Å². The van der Waals surface area contributed by atoms with Crippen LogP contribution in [-0.2, 0) is 36.8 Å². The van der Waals surface area contributed by atoms with Crippen LogP contribution in [0.15, 0.2) is 27.0 Å². The predicted octanol–water partition coefficient (Wildman–Crippen LogP) is 12.8. The van der Waals surface area contributed by atoms with Gasteiger partial charge in [0.1, 0.15) is 12.3 Å². The van der Waals surface area contributed by atoms with E-state index in [1.54, 1.807) is 11.8 Å². The number of esters is 1. The maximum atomic E-state index is 12.9. The van der Waals surface area contributed by atoms with Crippen molar-refractivity contribution in [2.24, 2.45) is 5.11 Å². The van der Waals surface area contributed by atoms with E-state index in [1.165, 1.54) is 147 Å². The summed E-state index contributed by atoms with van der Waals surface area (Å²) in [5.74, 6) is 0.638. The number of azide groups is 1. The van der Waals surface area contributed by atoms with Gasteiger partial charge in [0.2, 0.25) is 0 Å². The topological polar surface area (TPSA) is 241 Å². The molecule has 383 valence electrons. The minimum Gasteiger partial charge on any atom is -0.459 e. The molecule has 0 saturated carbocycles. The number of thioether (sulfide) groups is 1. The van der Waals surface area contributed by atoms with Gasteiger partial charge in [0.25, 0.3) is 5.56 Å². The van der Waals surface area contributed by atoms with Gasteiger partial charge in [0, 0.05) is 65.3 Å². The van der Waals surface area contributed by atoms with Crippen LogP contribution >= 0.6 is 27.4 Å². The molecular formula is C46H85N5NaO12P2S. The van der Waals surface area contributed by atoms with Crippen molar-refractivity contribution in [3.63, 3.8) is 0 Å². The van der Waals surface area contributed by atoms with Crippen LogP contribution in [0.3, 0.4) is 0 Å². The van der Waals surface area contributed by atoms with E-state index in [0.717, 1.165) is 54.9 Å². The molecule has 1 aromatic heterocycles. The summed E-state index contributed by atoms with van der Waals surface area (Å²) in [7, 11) is -10.5. The summed E-state index contributed by atoms with van der Waals surface area (Å²) in [6.07, 6.45) is 34.0. The summed E-state index contributed by atoms with van der Waals surface area (Å²) >= 11 is 1.54. The molecule has 6 unspecified atom stereocenters. The molecule has 3 N–H and O–H groups in total. The number of nitrogens with one attached hydrogen (secondary N) is 1. The van der Waals surface area contributed by atoms with Crippen LogP contribution in [0.2, 0.25) is 0 Å². The summed E-state index contributed by atoms with van der Waals surface area (Å²) in [4.78, 5) is 62.3. The summed E-state index contributed by atoms with van der Waals surface area (Å²) in [5.41, 5.74) is 7.62. The number of hydrogen-bond acceptors (Lipinski definition) is 12. The molecule has 67 heavy (non-hydrogen) atoms. The standard InChI is InChI=1S/C46H85N5O12P2S.Na/c1-3-5-7-9-11-13-15-17-18-19-21-23-25-27-29-31-35-66-39-40(61-45(53)32-30-28-26-24-22-20-16-14-12-10-8-6-4-2)37-59-64(55,56)63-65(57,58)60-38-42-41(49-50-47)36-44(62-42)51-34-33-43(52)48-46(51)54;/h33-34,40-42,44H,3-32,35-39H2,1-2H3,(H,55,56)(H,57,58)(H,48,52,54);. The van der Waals surface area contributed by atoms with Gasteiger partial charge in [0.15, 0.2) is 0 Å². The smallest absolute Gasteiger partial charge is 0.459 e. The number of rotatable bonds is 44. The average Bonchev–Trinajstić information content (AvgIpc) is 3.67. The van der Waals surface area contributed by atoms with Crippen LogP contribution in [0.4, 0.5) is 0 Å². The van der Waals surface area contributed by atoms with Crippen molar-refractivity contribution in [2.75, 3.05) is 24.7 Å². The Morgan fingerprint density at radius 3 is 1.73 bits per heavy atom. The predicted molar refractivity (Wildman–Crippen MR) is 268 cm³/mol. The molecule has 2 rings (SSSR count). The molecule has 0 bridgehead atoms. The van der Waals surface area contributed by atoms with E-state index in [9.17, 15) is 33.3 Å². The van der Waals surface area contributed by atoms with Crippen LogP contribution in [-0.4, -0.2) is 97.8 Å². The number of phosphoric acid groups is 2. The average molecular weight is 1020 g/mol. The largest absolute Gasteiger partial charge is 0.481 e. The number of ether oxygens (including phenoxy) is 2. The number of carbonyl (C=O) groups excluding carboxylic acids is 1. The molecular weight excluding hydrogens is 932 g/mol. The molecule has 2 heterocycles. The second kappa shape index (κ2) is 40.6. The molecule has 1 radical (unpaired) electrons. The number of carbonyl (C=O) groups is 1. The number of unbranched alkanes of at least 4 members (excludes halogenated alkanes) is 27. The van der Waals surface area contributed by atoms with Crippen LogP contribution in [0.5, 0.6) is 0 Å². The Morgan fingerprint density at radius 2 is 1.25 bits per heavy atom. The van der Waals surface area contributed by atoms with Crippen molar-refractivity contribution >= 4 is 62.9 Å². The van der Waals surface area contributed by atoms with Gasteiger partial charge in [-0.05, 0) is 24.1 Å². The monoisotopic (exact) mass is 1020 g/mol. The van der Waals surface area contributed by atoms with Crippen molar-refractivity contribution < 1.29 is 46.5 Å².